The van der Waals surface area contributed by atoms with Crippen LogP contribution >= 0.6 is 0 Å². The van der Waals surface area contributed by atoms with Crippen LogP contribution in [0.15, 0.2) is 60.8 Å². The fraction of sp³-hybridized carbons (Fsp3) is 0.423. The first-order valence-corrected chi connectivity index (χ1v) is 15.0. The maximum atomic E-state index is 15.7. The number of hydrogen-bond donors (Lipinski definition) is 2. The Hall–Kier alpha value is -2.88. The van der Waals surface area contributed by atoms with Gasteiger partial charge in [-0.3, -0.25) is 9.48 Å². The highest BCUT2D eigenvalue weighted by atomic mass is 28.4. The van der Waals surface area contributed by atoms with E-state index in [4.69, 9.17) is 4.74 Å². The zero-order chi connectivity index (χ0) is 24.8. The summed E-state index contributed by atoms with van der Waals surface area (Å²) in [6, 6.07) is 17.2. The molecule has 0 aliphatic carbocycles. The third kappa shape index (κ3) is 4.01. The number of aromatic nitrogens is 3. The molecule has 0 radical (unpaired) electrons. The normalized spacial score (nSPS) is 26.7. The molecule has 5 atom stereocenters. The second-order valence-electron chi connectivity index (χ2n) is 10.1. The van der Waals surface area contributed by atoms with Crippen molar-refractivity contribution >= 4 is 20.0 Å². The zero-order valence-corrected chi connectivity index (χ0v) is 21.2. The fourth-order valence-corrected chi connectivity index (χ4v) is 8.53. The van der Waals surface area contributed by atoms with Crippen LogP contribution in [0, 0.1) is 5.92 Å². The molecule has 1 aromatic heterocycles. The lowest BCUT2D eigenvalue weighted by Crippen LogP contribution is -2.41. The molecule has 2 aliphatic rings. The highest BCUT2D eigenvalue weighted by Crippen LogP contribution is 2.58. The van der Waals surface area contributed by atoms with E-state index in [0.717, 1.165) is 16.8 Å². The van der Waals surface area contributed by atoms with Crippen molar-refractivity contribution in [3.05, 3.63) is 77.6 Å². The molecule has 1 spiro atoms. The number of rotatable bonds is 7. The van der Waals surface area contributed by atoms with E-state index in [1.165, 1.54) is 0 Å². The summed E-state index contributed by atoms with van der Waals surface area (Å²) in [5.74, 6) is -0.779. The molecular formula is C26H31FN4O3Si. The maximum Gasteiger partial charge on any atom is 0.261 e. The number of fused-ring (bicyclic) bond motifs is 2. The van der Waals surface area contributed by atoms with E-state index in [2.05, 4.69) is 15.6 Å². The number of hydrogen-bond acceptors (Lipinski definition) is 5. The average molecular weight is 495 g/mol. The summed E-state index contributed by atoms with van der Waals surface area (Å²) in [5, 5.41) is 21.4. The average Bonchev–Trinajstić information content (AvgIpc) is 3.49. The third-order valence-corrected chi connectivity index (χ3v) is 10.0. The van der Waals surface area contributed by atoms with Gasteiger partial charge >= 0.3 is 0 Å². The summed E-state index contributed by atoms with van der Waals surface area (Å²) >= 11 is 0. The number of amides is 1. The molecule has 3 aromatic rings. The van der Waals surface area contributed by atoms with E-state index in [9.17, 15) is 9.90 Å². The molecule has 35 heavy (non-hydrogen) atoms. The standard InChI is InChI=1S/C26H31FN4O3Si/c1-17-24(35(2,3)27)23(34-26(17)20-11-7-8-12-21(20)28-25(26)33)13-14-31-15-22(29-30-31)19(16-32)18-9-5-4-6-10-18/h4-12,15,17,19,23-24,32H,13-14,16H2,1-3H3,(H,28,33)/t17-,19?,23+,24-,26+/m0/s1. The van der Waals surface area contributed by atoms with Crippen LogP contribution < -0.4 is 5.32 Å². The summed E-state index contributed by atoms with van der Waals surface area (Å²) in [5.41, 5.74) is 1.64. The molecule has 7 nitrogen and oxygen atoms in total. The number of aryl methyl sites for hydroxylation is 1. The van der Waals surface area contributed by atoms with Gasteiger partial charge in [0.25, 0.3) is 5.91 Å². The minimum absolute atomic E-state index is 0.0767. The Labute approximate surface area is 205 Å². The first-order valence-electron chi connectivity index (χ1n) is 12.1. The SMILES string of the molecule is C[C@H]1[C@H]([Si](C)(C)F)[C@@H](CCn2cc(C(CO)c3ccccc3)nn2)O[C@]12C(=O)Nc1ccccc12. The summed E-state index contributed by atoms with van der Waals surface area (Å²) in [7, 11) is -3.18. The predicted octanol–water partition coefficient (Wildman–Crippen LogP) is 4.22. The lowest BCUT2D eigenvalue weighted by Gasteiger charge is -2.30. The predicted molar refractivity (Wildman–Crippen MR) is 133 cm³/mol. The zero-order valence-electron chi connectivity index (χ0n) is 20.2. The number of carbonyl (C=O) groups excluding carboxylic acids is 1. The molecule has 2 N–H and O–H groups in total. The lowest BCUT2D eigenvalue weighted by atomic mass is 9.82. The molecule has 184 valence electrons. The van der Waals surface area contributed by atoms with Crippen LogP contribution in [-0.4, -0.2) is 47.1 Å². The quantitative estimate of drug-likeness (QED) is 0.379. The molecule has 1 amide bonds. The molecule has 9 heteroatoms. The van der Waals surface area contributed by atoms with Crippen molar-refractivity contribution in [1.29, 1.82) is 0 Å². The highest BCUT2D eigenvalue weighted by Gasteiger charge is 2.64. The van der Waals surface area contributed by atoms with E-state index >= 15 is 4.11 Å². The first kappa shape index (κ1) is 23.8. The Bertz CT molecular complexity index is 1210. The van der Waals surface area contributed by atoms with E-state index in [-0.39, 0.29) is 29.9 Å². The number of nitrogens with one attached hydrogen (secondary N) is 1. The van der Waals surface area contributed by atoms with Crippen molar-refractivity contribution in [3.8, 4) is 0 Å². The van der Waals surface area contributed by atoms with Gasteiger partial charge in [0.1, 0.15) is 0 Å². The maximum absolute atomic E-state index is 15.7. The molecule has 0 bridgehead atoms. The summed E-state index contributed by atoms with van der Waals surface area (Å²) in [4.78, 5) is 13.2. The molecular weight excluding hydrogens is 463 g/mol. The summed E-state index contributed by atoms with van der Waals surface area (Å²) in [6.07, 6.45) is 1.90. The van der Waals surface area contributed by atoms with Crippen molar-refractivity contribution in [2.75, 3.05) is 11.9 Å². The topological polar surface area (TPSA) is 89.3 Å². The number of halogens is 1. The van der Waals surface area contributed by atoms with Gasteiger partial charge in [-0.05, 0) is 31.1 Å². The molecule has 0 saturated carbocycles. The molecule has 5 rings (SSSR count). The molecule has 1 saturated heterocycles. The molecule has 1 unspecified atom stereocenters. The number of para-hydroxylation sites is 1. The fourth-order valence-electron chi connectivity index (χ4n) is 5.99. The number of carbonyl (C=O) groups is 1. The second-order valence-corrected chi connectivity index (χ2v) is 13.9. The largest absolute Gasteiger partial charge is 0.395 e. The lowest BCUT2D eigenvalue weighted by molar-refractivity contribution is -0.143. The van der Waals surface area contributed by atoms with Crippen LogP contribution in [0.4, 0.5) is 9.80 Å². The molecule has 2 aromatic carbocycles. The van der Waals surface area contributed by atoms with Crippen LogP contribution in [0.1, 0.15) is 36.1 Å². The smallest absolute Gasteiger partial charge is 0.261 e. The molecule has 1 fully saturated rings. The number of ether oxygens (including phenoxy) is 1. The van der Waals surface area contributed by atoms with Crippen molar-refractivity contribution in [2.45, 2.75) is 56.1 Å². The number of nitrogens with zero attached hydrogens (tertiary/aromatic N) is 3. The van der Waals surface area contributed by atoms with Crippen LogP contribution in [0.5, 0.6) is 0 Å². The number of aliphatic hydroxyl groups is 1. The summed E-state index contributed by atoms with van der Waals surface area (Å²) in [6.45, 7) is 5.73. The molecule has 2 aliphatic heterocycles. The van der Waals surface area contributed by atoms with E-state index in [0.29, 0.717) is 18.7 Å². The third-order valence-electron chi connectivity index (χ3n) is 7.56. The highest BCUT2D eigenvalue weighted by molar-refractivity contribution is 6.72. The van der Waals surface area contributed by atoms with Gasteiger partial charge in [0, 0.05) is 35.5 Å². The van der Waals surface area contributed by atoms with Gasteiger partial charge in [-0.15, -0.1) is 5.10 Å². The second kappa shape index (κ2) is 8.96. The van der Waals surface area contributed by atoms with Crippen molar-refractivity contribution in [3.63, 3.8) is 0 Å². The van der Waals surface area contributed by atoms with E-state index in [1.54, 1.807) is 17.8 Å². The first-order chi connectivity index (χ1) is 16.8. The number of anilines is 1. The van der Waals surface area contributed by atoms with Gasteiger partial charge in [-0.2, -0.15) is 0 Å². The van der Waals surface area contributed by atoms with Gasteiger partial charge in [-0.1, -0.05) is 60.7 Å². The van der Waals surface area contributed by atoms with Crippen molar-refractivity contribution in [1.82, 2.24) is 15.0 Å². The summed E-state index contributed by atoms with van der Waals surface area (Å²) < 4.78 is 23.9. The van der Waals surface area contributed by atoms with Crippen molar-refractivity contribution < 1.29 is 18.7 Å². The van der Waals surface area contributed by atoms with E-state index < -0.39 is 20.1 Å². The Morgan fingerprint density at radius 2 is 1.91 bits per heavy atom. The van der Waals surface area contributed by atoms with Gasteiger partial charge in [0.05, 0.1) is 24.3 Å². The monoisotopic (exact) mass is 494 g/mol. The van der Waals surface area contributed by atoms with E-state index in [1.807, 2.05) is 67.7 Å². The van der Waals surface area contributed by atoms with Gasteiger partial charge < -0.3 is 19.3 Å². The Balaban J connectivity index is 1.38. The van der Waals surface area contributed by atoms with Gasteiger partial charge in [0.2, 0.25) is 8.41 Å². The number of benzene rings is 2. The minimum atomic E-state index is -3.18. The van der Waals surface area contributed by atoms with Gasteiger partial charge in [0.15, 0.2) is 5.60 Å². The Morgan fingerprint density at radius 1 is 1.20 bits per heavy atom. The van der Waals surface area contributed by atoms with Crippen LogP contribution in [0.25, 0.3) is 0 Å². The Morgan fingerprint density at radius 3 is 2.63 bits per heavy atom. The van der Waals surface area contributed by atoms with Crippen LogP contribution in [0.3, 0.4) is 0 Å². The minimum Gasteiger partial charge on any atom is -0.395 e. The van der Waals surface area contributed by atoms with Crippen LogP contribution in [0.2, 0.25) is 18.6 Å². The van der Waals surface area contributed by atoms with Crippen LogP contribution in [-0.2, 0) is 21.7 Å². The number of aliphatic hydroxyl groups excluding tert-OH is 1. The Kier molecular flexibility index (Phi) is 6.10. The van der Waals surface area contributed by atoms with Crippen molar-refractivity contribution in [2.24, 2.45) is 5.92 Å². The molecule has 3 heterocycles. The van der Waals surface area contributed by atoms with Gasteiger partial charge in [-0.25, -0.2) is 0 Å².